The molecule has 0 aromatic heterocycles. The van der Waals surface area contributed by atoms with Crippen molar-refractivity contribution in [2.24, 2.45) is 0 Å². The Balaban J connectivity index is 1.65. The zero-order valence-electron chi connectivity index (χ0n) is 13.6. The van der Waals surface area contributed by atoms with E-state index in [1.807, 2.05) is 0 Å². The SMILES string of the molecule is Cc1cc(CNC2CC2)cc(C)c1OC1CCCCCC1. The van der Waals surface area contributed by atoms with Crippen molar-refractivity contribution in [3.63, 3.8) is 0 Å². The van der Waals surface area contributed by atoms with Crippen LogP contribution in [0.25, 0.3) is 0 Å². The summed E-state index contributed by atoms with van der Waals surface area (Å²) in [5.41, 5.74) is 3.99. The average molecular weight is 287 g/mol. The van der Waals surface area contributed by atoms with Gasteiger partial charge in [-0.3, -0.25) is 0 Å². The molecule has 0 bridgehead atoms. The summed E-state index contributed by atoms with van der Waals surface area (Å²) in [5, 5.41) is 3.60. The Morgan fingerprint density at radius 2 is 1.57 bits per heavy atom. The first-order valence-corrected chi connectivity index (χ1v) is 8.72. The Morgan fingerprint density at radius 1 is 0.952 bits per heavy atom. The maximum absolute atomic E-state index is 6.37. The summed E-state index contributed by atoms with van der Waals surface area (Å²) in [7, 11) is 0. The molecule has 1 aromatic carbocycles. The van der Waals surface area contributed by atoms with Gasteiger partial charge in [-0.1, -0.05) is 25.0 Å². The van der Waals surface area contributed by atoms with E-state index in [1.54, 1.807) is 0 Å². The van der Waals surface area contributed by atoms with Crippen molar-refractivity contribution in [3.8, 4) is 5.75 Å². The van der Waals surface area contributed by atoms with Crippen molar-refractivity contribution in [2.45, 2.75) is 83.9 Å². The molecule has 2 heteroatoms. The molecule has 116 valence electrons. The lowest BCUT2D eigenvalue weighted by atomic mass is 10.0. The lowest BCUT2D eigenvalue weighted by Crippen LogP contribution is -2.18. The van der Waals surface area contributed by atoms with Crippen molar-refractivity contribution in [1.82, 2.24) is 5.32 Å². The van der Waals surface area contributed by atoms with E-state index in [0.717, 1.165) is 18.3 Å². The van der Waals surface area contributed by atoms with Crippen LogP contribution in [0.5, 0.6) is 5.75 Å². The predicted octanol–water partition coefficient (Wildman–Crippen LogP) is 4.66. The van der Waals surface area contributed by atoms with Crippen LogP contribution in [-0.2, 0) is 6.54 Å². The van der Waals surface area contributed by atoms with Crippen molar-refractivity contribution in [3.05, 3.63) is 28.8 Å². The Bertz CT molecular complexity index is 447. The highest BCUT2D eigenvalue weighted by Gasteiger charge is 2.20. The van der Waals surface area contributed by atoms with Gasteiger partial charge in [-0.2, -0.15) is 0 Å². The monoisotopic (exact) mass is 287 g/mol. The zero-order chi connectivity index (χ0) is 14.7. The second-order valence-corrected chi connectivity index (χ2v) is 6.95. The standard InChI is InChI=1S/C19H29NO/c1-14-11-16(13-20-17-9-10-17)12-15(2)19(14)21-18-7-5-3-4-6-8-18/h11-12,17-18,20H,3-10,13H2,1-2H3. The molecule has 1 aromatic rings. The third-order valence-corrected chi connectivity index (χ3v) is 4.78. The molecule has 0 saturated heterocycles. The molecule has 2 nitrogen and oxygen atoms in total. The minimum atomic E-state index is 0.431. The molecule has 0 unspecified atom stereocenters. The Morgan fingerprint density at radius 3 is 2.14 bits per heavy atom. The number of rotatable bonds is 5. The summed E-state index contributed by atoms with van der Waals surface area (Å²) in [6.45, 7) is 5.38. The minimum absolute atomic E-state index is 0.431. The van der Waals surface area contributed by atoms with Gasteiger partial charge < -0.3 is 10.1 Å². The third kappa shape index (κ3) is 4.23. The van der Waals surface area contributed by atoms with E-state index >= 15 is 0 Å². The predicted molar refractivity (Wildman–Crippen MR) is 87.9 cm³/mol. The molecule has 0 heterocycles. The first kappa shape index (κ1) is 14.9. The lowest BCUT2D eigenvalue weighted by molar-refractivity contribution is 0.181. The molecule has 1 N–H and O–H groups in total. The Labute approximate surface area is 129 Å². The van der Waals surface area contributed by atoms with Crippen LogP contribution in [-0.4, -0.2) is 12.1 Å². The zero-order valence-corrected chi connectivity index (χ0v) is 13.6. The number of hydrogen-bond acceptors (Lipinski definition) is 2. The summed E-state index contributed by atoms with van der Waals surface area (Å²) in [6, 6.07) is 5.37. The van der Waals surface area contributed by atoms with E-state index in [4.69, 9.17) is 4.74 Å². The maximum Gasteiger partial charge on any atom is 0.125 e. The van der Waals surface area contributed by atoms with Crippen molar-refractivity contribution < 1.29 is 4.74 Å². The van der Waals surface area contributed by atoms with Gasteiger partial charge >= 0.3 is 0 Å². The van der Waals surface area contributed by atoms with Gasteiger partial charge in [-0.15, -0.1) is 0 Å². The molecule has 0 spiro atoms. The van der Waals surface area contributed by atoms with E-state index in [9.17, 15) is 0 Å². The topological polar surface area (TPSA) is 21.3 Å². The quantitative estimate of drug-likeness (QED) is 0.795. The number of hydrogen-bond donors (Lipinski definition) is 1. The van der Waals surface area contributed by atoms with Crippen molar-refractivity contribution in [1.29, 1.82) is 0 Å². The van der Waals surface area contributed by atoms with Gasteiger partial charge in [0.1, 0.15) is 5.75 Å². The van der Waals surface area contributed by atoms with E-state index < -0.39 is 0 Å². The maximum atomic E-state index is 6.37. The molecule has 2 aliphatic carbocycles. The van der Waals surface area contributed by atoms with Crippen molar-refractivity contribution >= 4 is 0 Å². The number of nitrogens with one attached hydrogen (secondary N) is 1. The average Bonchev–Trinajstić information content (AvgIpc) is 3.28. The molecule has 0 amide bonds. The molecule has 2 fully saturated rings. The van der Waals surface area contributed by atoms with Crippen LogP contribution in [0, 0.1) is 13.8 Å². The summed E-state index contributed by atoms with van der Waals surface area (Å²) in [6.07, 6.45) is 11.0. The Hall–Kier alpha value is -1.02. The molecule has 0 aliphatic heterocycles. The van der Waals surface area contributed by atoms with Gasteiger partial charge in [0.2, 0.25) is 0 Å². The smallest absolute Gasteiger partial charge is 0.125 e. The molecule has 0 radical (unpaired) electrons. The lowest BCUT2D eigenvalue weighted by Gasteiger charge is -2.21. The summed E-state index contributed by atoms with van der Waals surface area (Å²) < 4.78 is 6.37. The van der Waals surface area contributed by atoms with Gasteiger partial charge in [0.25, 0.3) is 0 Å². The second-order valence-electron chi connectivity index (χ2n) is 6.95. The van der Waals surface area contributed by atoms with E-state index in [2.05, 4.69) is 31.3 Å². The first-order chi connectivity index (χ1) is 10.2. The molecular formula is C19H29NO. The first-order valence-electron chi connectivity index (χ1n) is 8.72. The molecule has 2 aliphatic rings. The van der Waals surface area contributed by atoms with Gasteiger partial charge in [-0.05, 0) is 69.1 Å². The molecule has 3 rings (SSSR count). The van der Waals surface area contributed by atoms with Gasteiger partial charge in [0.15, 0.2) is 0 Å². The fourth-order valence-corrected chi connectivity index (χ4v) is 3.40. The van der Waals surface area contributed by atoms with Crippen LogP contribution in [0.15, 0.2) is 12.1 Å². The van der Waals surface area contributed by atoms with E-state index in [-0.39, 0.29) is 0 Å². The van der Waals surface area contributed by atoms with Crippen LogP contribution >= 0.6 is 0 Å². The largest absolute Gasteiger partial charge is 0.490 e. The summed E-state index contributed by atoms with van der Waals surface area (Å²) >= 11 is 0. The Kier molecular flexibility index (Phi) is 4.84. The van der Waals surface area contributed by atoms with E-state index in [1.165, 1.54) is 68.1 Å². The second kappa shape index (κ2) is 6.83. The van der Waals surface area contributed by atoms with Gasteiger partial charge in [0, 0.05) is 12.6 Å². The molecule has 2 saturated carbocycles. The summed E-state index contributed by atoms with van der Waals surface area (Å²) in [5.74, 6) is 1.14. The van der Waals surface area contributed by atoms with Gasteiger partial charge in [-0.25, -0.2) is 0 Å². The van der Waals surface area contributed by atoms with Crippen LogP contribution in [0.1, 0.15) is 68.1 Å². The number of aryl methyl sites for hydroxylation is 2. The highest BCUT2D eigenvalue weighted by molar-refractivity contribution is 5.43. The molecule has 21 heavy (non-hydrogen) atoms. The third-order valence-electron chi connectivity index (χ3n) is 4.78. The number of ether oxygens (including phenoxy) is 1. The molecule has 0 atom stereocenters. The molecular weight excluding hydrogens is 258 g/mol. The highest BCUT2D eigenvalue weighted by Crippen LogP contribution is 2.29. The fourth-order valence-electron chi connectivity index (χ4n) is 3.40. The fraction of sp³-hybridized carbons (Fsp3) is 0.684. The normalized spacial score (nSPS) is 20.3. The van der Waals surface area contributed by atoms with Crippen LogP contribution in [0.2, 0.25) is 0 Å². The minimum Gasteiger partial charge on any atom is -0.490 e. The van der Waals surface area contributed by atoms with Crippen LogP contribution < -0.4 is 10.1 Å². The van der Waals surface area contributed by atoms with Crippen LogP contribution in [0.4, 0.5) is 0 Å². The highest BCUT2D eigenvalue weighted by atomic mass is 16.5. The number of benzene rings is 1. The van der Waals surface area contributed by atoms with Gasteiger partial charge in [0.05, 0.1) is 6.10 Å². The summed E-state index contributed by atoms with van der Waals surface area (Å²) in [4.78, 5) is 0. The van der Waals surface area contributed by atoms with Crippen molar-refractivity contribution in [2.75, 3.05) is 0 Å². The van der Waals surface area contributed by atoms with Crippen LogP contribution in [0.3, 0.4) is 0 Å². The van der Waals surface area contributed by atoms with E-state index in [0.29, 0.717) is 6.10 Å².